The number of sulfone groups is 1. The Labute approximate surface area is 134 Å². The third kappa shape index (κ3) is 3.64. The molecule has 1 N–H and O–H groups in total. The molecule has 1 aliphatic rings. The lowest BCUT2D eigenvalue weighted by Crippen LogP contribution is -2.38. The molecule has 0 saturated carbocycles. The number of hydrogen-bond donors (Lipinski definition) is 1. The number of amides is 1. The Morgan fingerprint density at radius 1 is 1.41 bits per heavy atom. The third-order valence-electron chi connectivity index (χ3n) is 3.31. The fourth-order valence-electron chi connectivity index (χ4n) is 2.02. The van der Waals surface area contributed by atoms with E-state index in [4.69, 9.17) is 21.1 Å². The Balaban J connectivity index is 2.15. The van der Waals surface area contributed by atoms with Crippen LogP contribution >= 0.6 is 11.6 Å². The molecule has 1 unspecified atom stereocenters. The van der Waals surface area contributed by atoms with Crippen LogP contribution in [-0.2, 0) is 20.4 Å². The largest absolute Gasteiger partial charge is 0.454 e. The van der Waals surface area contributed by atoms with Crippen molar-refractivity contribution < 1.29 is 22.7 Å². The van der Waals surface area contributed by atoms with E-state index < -0.39 is 21.0 Å². The van der Waals surface area contributed by atoms with Gasteiger partial charge < -0.3 is 14.8 Å². The van der Waals surface area contributed by atoms with E-state index >= 15 is 0 Å². The van der Waals surface area contributed by atoms with Crippen molar-refractivity contribution in [3.8, 4) is 11.5 Å². The van der Waals surface area contributed by atoms with Crippen LogP contribution < -0.4 is 14.8 Å². The Morgan fingerprint density at radius 3 is 2.82 bits per heavy atom. The molecule has 0 saturated heterocycles. The summed E-state index contributed by atoms with van der Waals surface area (Å²) in [5, 5.41) is 1.76. The molecule has 6 nitrogen and oxygen atoms in total. The topological polar surface area (TPSA) is 81.7 Å². The third-order valence-corrected chi connectivity index (χ3v) is 5.62. The highest BCUT2D eigenvalue weighted by Gasteiger charge is 2.29. The van der Waals surface area contributed by atoms with Crippen molar-refractivity contribution in [1.29, 1.82) is 0 Å². The molecule has 1 atom stereocenters. The van der Waals surface area contributed by atoms with Crippen molar-refractivity contribution >= 4 is 27.3 Å². The first-order valence-corrected chi connectivity index (χ1v) is 9.01. The molecular formula is C14H18ClNO5S. The van der Waals surface area contributed by atoms with Crippen molar-refractivity contribution in [1.82, 2.24) is 5.32 Å². The molecule has 0 aromatic heterocycles. The van der Waals surface area contributed by atoms with Crippen LogP contribution in [0, 0.1) is 0 Å². The zero-order chi connectivity index (χ0) is 16.3. The Hall–Kier alpha value is -1.47. The monoisotopic (exact) mass is 347 g/mol. The maximum absolute atomic E-state index is 12.3. The molecule has 1 aromatic carbocycles. The van der Waals surface area contributed by atoms with Gasteiger partial charge in [0.2, 0.25) is 12.7 Å². The van der Waals surface area contributed by atoms with Crippen LogP contribution in [0.1, 0.15) is 25.8 Å². The van der Waals surface area contributed by atoms with Crippen molar-refractivity contribution in [2.45, 2.75) is 31.3 Å². The second-order valence-corrected chi connectivity index (χ2v) is 7.78. The summed E-state index contributed by atoms with van der Waals surface area (Å²) in [5.74, 6) is 0.0513. The number of ether oxygens (including phenoxy) is 2. The minimum absolute atomic E-state index is 0.0566. The fraction of sp³-hybridized carbons (Fsp3) is 0.500. The summed E-state index contributed by atoms with van der Waals surface area (Å²) in [6, 6.07) is 3.09. The summed E-state index contributed by atoms with van der Waals surface area (Å²) in [4.78, 5) is 11.8. The Morgan fingerprint density at radius 2 is 2.14 bits per heavy atom. The molecule has 122 valence electrons. The van der Waals surface area contributed by atoms with Gasteiger partial charge >= 0.3 is 0 Å². The van der Waals surface area contributed by atoms with Crippen LogP contribution in [0.5, 0.6) is 11.5 Å². The van der Waals surface area contributed by atoms with E-state index in [1.165, 1.54) is 13.0 Å². The quantitative estimate of drug-likeness (QED) is 0.850. The summed E-state index contributed by atoms with van der Waals surface area (Å²) < 4.78 is 35.1. The van der Waals surface area contributed by atoms with Gasteiger partial charge in [0, 0.05) is 6.54 Å². The molecule has 0 aliphatic carbocycles. The summed E-state index contributed by atoms with van der Waals surface area (Å²) >= 11 is 6.04. The van der Waals surface area contributed by atoms with Gasteiger partial charge in [0.25, 0.3) is 0 Å². The van der Waals surface area contributed by atoms with E-state index in [9.17, 15) is 13.2 Å². The van der Waals surface area contributed by atoms with Crippen molar-refractivity contribution in [2.24, 2.45) is 0 Å². The average molecular weight is 348 g/mol. The van der Waals surface area contributed by atoms with E-state index in [-0.39, 0.29) is 12.5 Å². The van der Waals surface area contributed by atoms with Crippen molar-refractivity contribution in [3.63, 3.8) is 0 Å². The van der Waals surface area contributed by atoms with Gasteiger partial charge in [-0.25, -0.2) is 8.42 Å². The summed E-state index contributed by atoms with van der Waals surface area (Å²) in [6.45, 7) is 3.79. The minimum atomic E-state index is -3.64. The van der Waals surface area contributed by atoms with E-state index in [1.54, 1.807) is 6.07 Å². The van der Waals surface area contributed by atoms with Gasteiger partial charge in [-0.05, 0) is 31.0 Å². The lowest BCUT2D eigenvalue weighted by molar-refractivity contribution is -0.120. The van der Waals surface area contributed by atoms with Crippen LogP contribution in [0.2, 0.25) is 5.02 Å². The molecule has 2 rings (SSSR count). The normalized spacial score (nSPS) is 14.7. The smallest absolute Gasteiger partial charge is 0.238 e. The summed E-state index contributed by atoms with van der Waals surface area (Å²) in [6.07, 6.45) is 0.746. The number of carbonyl (C=O) groups is 1. The maximum atomic E-state index is 12.3. The number of benzene rings is 1. The van der Waals surface area contributed by atoms with Gasteiger partial charge in [0.15, 0.2) is 21.3 Å². The van der Waals surface area contributed by atoms with Crippen molar-refractivity contribution in [3.05, 3.63) is 22.7 Å². The van der Waals surface area contributed by atoms with E-state index in [0.29, 0.717) is 28.6 Å². The highest BCUT2D eigenvalue weighted by Crippen LogP contribution is 2.40. The molecule has 0 spiro atoms. The predicted molar refractivity (Wildman–Crippen MR) is 83.0 cm³/mol. The number of nitrogens with one attached hydrogen (secondary N) is 1. The Bertz CT molecular complexity index is 674. The second kappa shape index (κ2) is 6.75. The molecule has 0 fully saturated rings. The molecule has 1 amide bonds. The molecule has 22 heavy (non-hydrogen) atoms. The zero-order valence-corrected chi connectivity index (χ0v) is 14.0. The molecule has 1 heterocycles. The molecule has 1 aromatic rings. The van der Waals surface area contributed by atoms with Gasteiger partial charge in [-0.3, -0.25) is 4.79 Å². The van der Waals surface area contributed by atoms with Gasteiger partial charge in [0.05, 0.1) is 10.8 Å². The lowest BCUT2D eigenvalue weighted by Gasteiger charge is -2.13. The zero-order valence-electron chi connectivity index (χ0n) is 12.4. The van der Waals surface area contributed by atoms with Gasteiger partial charge in [-0.1, -0.05) is 18.5 Å². The van der Waals surface area contributed by atoms with Crippen LogP contribution in [0.25, 0.3) is 0 Å². The SMILES string of the molecule is CCCNC(=O)C(C)S(=O)(=O)Cc1cc(Cl)c2c(c1)OCO2. The van der Waals surface area contributed by atoms with Gasteiger partial charge in [-0.2, -0.15) is 0 Å². The standard InChI is InChI=1S/C14H18ClNO5S/c1-3-4-16-14(17)9(2)22(18,19)7-10-5-11(15)13-12(6-10)20-8-21-13/h5-6,9H,3-4,7-8H2,1-2H3,(H,16,17). The molecule has 0 radical (unpaired) electrons. The number of halogens is 1. The average Bonchev–Trinajstić information content (AvgIpc) is 2.92. The number of fused-ring (bicyclic) bond motifs is 1. The minimum Gasteiger partial charge on any atom is -0.454 e. The Kier molecular flexibility index (Phi) is 5.18. The first-order valence-electron chi connectivity index (χ1n) is 6.92. The fourth-order valence-corrected chi connectivity index (χ4v) is 3.60. The van der Waals surface area contributed by atoms with Crippen molar-refractivity contribution in [2.75, 3.05) is 13.3 Å². The van der Waals surface area contributed by atoms with E-state index in [1.807, 2.05) is 6.92 Å². The van der Waals surface area contributed by atoms with Gasteiger partial charge in [-0.15, -0.1) is 0 Å². The van der Waals surface area contributed by atoms with Crippen LogP contribution in [0.3, 0.4) is 0 Å². The molecular weight excluding hydrogens is 330 g/mol. The maximum Gasteiger partial charge on any atom is 0.238 e. The van der Waals surface area contributed by atoms with Crippen LogP contribution in [0.4, 0.5) is 0 Å². The van der Waals surface area contributed by atoms with E-state index in [2.05, 4.69) is 5.32 Å². The highest BCUT2D eigenvalue weighted by molar-refractivity contribution is 7.92. The summed E-state index contributed by atoms with van der Waals surface area (Å²) in [5.41, 5.74) is 0.462. The number of hydrogen-bond acceptors (Lipinski definition) is 5. The molecule has 1 aliphatic heterocycles. The molecule has 0 bridgehead atoms. The number of carbonyl (C=O) groups excluding carboxylic acids is 1. The van der Waals surface area contributed by atoms with Crippen LogP contribution in [0.15, 0.2) is 12.1 Å². The first kappa shape index (κ1) is 16.9. The van der Waals surface area contributed by atoms with E-state index in [0.717, 1.165) is 6.42 Å². The van der Waals surface area contributed by atoms with Crippen LogP contribution in [-0.4, -0.2) is 32.9 Å². The predicted octanol–water partition coefficient (Wildman–Crippen LogP) is 1.90. The van der Waals surface area contributed by atoms with Gasteiger partial charge in [0.1, 0.15) is 5.25 Å². The highest BCUT2D eigenvalue weighted by atomic mass is 35.5. The molecule has 8 heteroatoms. The first-order chi connectivity index (χ1) is 10.3. The number of rotatable bonds is 6. The summed E-state index contributed by atoms with van der Waals surface area (Å²) in [7, 11) is -3.64. The second-order valence-electron chi connectivity index (χ2n) is 5.05. The lowest BCUT2D eigenvalue weighted by atomic mass is 10.2.